The average Bonchev–Trinajstić information content (AvgIpc) is 3.92. The van der Waals surface area contributed by atoms with Crippen LogP contribution in [0.25, 0.3) is 27.6 Å². The van der Waals surface area contributed by atoms with E-state index in [0.29, 0.717) is 6.67 Å². The van der Waals surface area contributed by atoms with Crippen molar-refractivity contribution in [3.05, 3.63) is 214 Å². The number of aromatic nitrogens is 2. The lowest BCUT2D eigenvalue weighted by Crippen LogP contribution is -2.26. The molecule has 75 heavy (non-hydrogen) atoms. The van der Waals surface area contributed by atoms with Gasteiger partial charge in [-0.3, -0.25) is 4.57 Å². The van der Waals surface area contributed by atoms with E-state index in [1.807, 2.05) is 6.20 Å². The molecule has 384 valence electrons. The Kier molecular flexibility index (Phi) is 12.6. The maximum absolute atomic E-state index is 7.00. The second kappa shape index (κ2) is 18.3. The highest BCUT2D eigenvalue weighted by atomic mass is 16.5. The van der Waals surface area contributed by atoms with Crippen LogP contribution < -0.4 is 14.5 Å². The Morgan fingerprint density at radius 1 is 0.373 bits per heavy atom. The van der Waals surface area contributed by atoms with Gasteiger partial charge in [-0.15, -0.1) is 0 Å². The Balaban J connectivity index is 1.08. The average molecular weight is 991 g/mol. The van der Waals surface area contributed by atoms with Gasteiger partial charge in [-0.25, -0.2) is 4.98 Å². The zero-order valence-electron chi connectivity index (χ0n) is 47.6. The van der Waals surface area contributed by atoms with Gasteiger partial charge in [0.25, 0.3) is 0 Å². The highest BCUT2D eigenvalue weighted by Crippen LogP contribution is 2.51. The number of anilines is 4. The SMILES string of the molecule is CC(C)(C)c1cc(N2CN(c3cccc(Oc4ccc5c6cc(C(C)(C)C)ccc6n(-c6cc(C(C)(C)c7ccccc7)ccn6)c5c4)c3)c3cc(C(C)(C)C)c(C(C)(C)C)cc32)cc(C(C)(C)c2ccccc2)c1. The molecule has 1 aliphatic heterocycles. The van der Waals surface area contributed by atoms with Crippen molar-refractivity contribution in [1.29, 1.82) is 0 Å². The van der Waals surface area contributed by atoms with Crippen LogP contribution in [0.15, 0.2) is 170 Å². The molecule has 0 radical (unpaired) electrons. The molecule has 7 aromatic carbocycles. The van der Waals surface area contributed by atoms with Gasteiger partial charge in [-0.05, 0) is 139 Å². The molecule has 0 saturated carbocycles. The lowest BCUT2D eigenvalue weighted by atomic mass is 9.74. The maximum Gasteiger partial charge on any atom is 0.137 e. The van der Waals surface area contributed by atoms with Crippen LogP contribution in [0.3, 0.4) is 0 Å². The van der Waals surface area contributed by atoms with Gasteiger partial charge in [0.05, 0.1) is 22.4 Å². The van der Waals surface area contributed by atoms with Gasteiger partial charge < -0.3 is 14.5 Å². The third-order valence-electron chi connectivity index (χ3n) is 16.1. The summed E-state index contributed by atoms with van der Waals surface area (Å²) in [5.74, 6) is 2.42. The highest BCUT2D eigenvalue weighted by Gasteiger charge is 2.36. The predicted molar refractivity (Wildman–Crippen MR) is 319 cm³/mol. The molecular weight excluding hydrogens is 913 g/mol. The van der Waals surface area contributed by atoms with Crippen LogP contribution in [-0.2, 0) is 32.5 Å². The normalized spacial score (nSPS) is 13.8. The fourth-order valence-electron chi connectivity index (χ4n) is 11.1. The van der Waals surface area contributed by atoms with Crippen LogP contribution in [0.5, 0.6) is 11.5 Å². The Bertz CT molecular complexity index is 3590. The molecule has 10 rings (SSSR count). The van der Waals surface area contributed by atoms with Gasteiger partial charge in [-0.1, -0.05) is 190 Å². The highest BCUT2D eigenvalue weighted by molar-refractivity contribution is 6.10. The standard InChI is InChI=1S/C70H78N4O/c1-65(2,3)48-30-33-60-57(39-48)56-32-31-55(42-61(56)74(60)64-40-49(34-35-71-64)69(13,14)46-24-19-17-20-25-46)75-54-29-23-28-52(41-54)72-45-73(63-44-59(68(10,11)12)58(43-62(63)72)67(7,8)9)53-37-50(66(4,5)6)36-51(38-53)70(15,16)47-26-21-18-22-27-47/h17-44H,45H2,1-16H3. The largest absolute Gasteiger partial charge is 0.457 e. The number of nitrogens with zero attached hydrogens (tertiary/aromatic N) is 4. The molecule has 0 unspecified atom stereocenters. The van der Waals surface area contributed by atoms with E-state index >= 15 is 0 Å². The number of hydrogen-bond acceptors (Lipinski definition) is 4. The van der Waals surface area contributed by atoms with E-state index in [0.717, 1.165) is 39.4 Å². The van der Waals surface area contributed by atoms with Gasteiger partial charge in [0.15, 0.2) is 0 Å². The van der Waals surface area contributed by atoms with E-state index in [9.17, 15) is 0 Å². The summed E-state index contributed by atoms with van der Waals surface area (Å²) in [6.07, 6.45) is 1.96. The summed E-state index contributed by atoms with van der Waals surface area (Å²) in [4.78, 5) is 10.1. The molecule has 1 aliphatic rings. The van der Waals surface area contributed by atoms with Crippen LogP contribution in [0.2, 0.25) is 0 Å². The van der Waals surface area contributed by atoms with E-state index in [2.05, 4.69) is 289 Å². The van der Waals surface area contributed by atoms with Gasteiger partial charge in [0, 0.05) is 51.3 Å². The maximum atomic E-state index is 7.00. The molecule has 0 atom stereocenters. The molecule has 3 heterocycles. The third kappa shape index (κ3) is 9.64. The van der Waals surface area contributed by atoms with E-state index in [-0.39, 0.29) is 32.5 Å². The number of hydrogen-bond donors (Lipinski definition) is 0. The van der Waals surface area contributed by atoms with E-state index in [1.165, 1.54) is 67.0 Å². The van der Waals surface area contributed by atoms with Crippen LogP contribution in [0.4, 0.5) is 22.7 Å². The second-order valence-electron chi connectivity index (χ2n) is 26.4. The number of pyridine rings is 1. The lowest BCUT2D eigenvalue weighted by molar-refractivity contribution is 0.483. The molecule has 2 aromatic heterocycles. The molecule has 0 amide bonds. The summed E-state index contributed by atoms with van der Waals surface area (Å²) in [5, 5.41) is 2.36. The Hall–Kier alpha value is -7.11. The fourth-order valence-corrected chi connectivity index (χ4v) is 11.1. The van der Waals surface area contributed by atoms with Crippen molar-refractivity contribution in [2.75, 3.05) is 16.5 Å². The minimum absolute atomic E-state index is 0.0106. The summed E-state index contributed by atoms with van der Waals surface area (Å²) in [6.45, 7) is 37.9. The number of ether oxygens (including phenoxy) is 1. The molecule has 5 nitrogen and oxygen atoms in total. The topological polar surface area (TPSA) is 33.5 Å². The monoisotopic (exact) mass is 991 g/mol. The molecule has 9 aromatic rings. The fraction of sp³-hybridized carbons (Fsp3) is 0.329. The first-order valence-corrected chi connectivity index (χ1v) is 27.0. The second-order valence-corrected chi connectivity index (χ2v) is 26.4. The molecule has 5 heteroatoms. The number of benzene rings is 7. The zero-order chi connectivity index (χ0) is 53.6. The van der Waals surface area contributed by atoms with Crippen molar-refractivity contribution in [1.82, 2.24) is 9.55 Å². The van der Waals surface area contributed by atoms with Gasteiger partial charge in [0.1, 0.15) is 24.0 Å². The Morgan fingerprint density at radius 2 is 0.933 bits per heavy atom. The van der Waals surface area contributed by atoms with Gasteiger partial charge in [-0.2, -0.15) is 0 Å². The summed E-state index contributed by atoms with van der Waals surface area (Å²) in [7, 11) is 0. The lowest BCUT2D eigenvalue weighted by Gasteiger charge is -2.33. The van der Waals surface area contributed by atoms with Gasteiger partial charge >= 0.3 is 0 Å². The van der Waals surface area contributed by atoms with E-state index < -0.39 is 0 Å². The molecule has 0 aliphatic carbocycles. The summed E-state index contributed by atoms with van der Waals surface area (Å²) < 4.78 is 9.32. The van der Waals surface area contributed by atoms with Crippen LogP contribution >= 0.6 is 0 Å². The first kappa shape index (κ1) is 51.4. The summed E-state index contributed by atoms with van der Waals surface area (Å²) >= 11 is 0. The van der Waals surface area contributed by atoms with Gasteiger partial charge in [0.2, 0.25) is 0 Å². The molecule has 0 fully saturated rings. The smallest absolute Gasteiger partial charge is 0.137 e. The predicted octanol–water partition coefficient (Wildman–Crippen LogP) is 19.1. The van der Waals surface area contributed by atoms with Crippen molar-refractivity contribution in [3.8, 4) is 17.3 Å². The molecule has 0 spiro atoms. The Labute approximate surface area is 448 Å². The molecule has 0 bridgehead atoms. The number of rotatable bonds is 9. The first-order chi connectivity index (χ1) is 35.2. The molecule has 0 saturated heterocycles. The van der Waals surface area contributed by atoms with E-state index in [4.69, 9.17) is 9.72 Å². The van der Waals surface area contributed by atoms with Crippen LogP contribution in [0, 0.1) is 0 Å². The van der Waals surface area contributed by atoms with Crippen LogP contribution in [-0.4, -0.2) is 16.2 Å². The van der Waals surface area contributed by atoms with Crippen molar-refractivity contribution in [3.63, 3.8) is 0 Å². The Morgan fingerprint density at radius 3 is 1.52 bits per heavy atom. The first-order valence-electron chi connectivity index (χ1n) is 27.0. The quantitative estimate of drug-likeness (QED) is 0.144. The van der Waals surface area contributed by atoms with Crippen molar-refractivity contribution >= 4 is 44.6 Å². The van der Waals surface area contributed by atoms with Crippen LogP contribution in [0.1, 0.15) is 155 Å². The summed E-state index contributed by atoms with van der Waals surface area (Å²) in [5.41, 5.74) is 16.6. The van der Waals surface area contributed by atoms with Crippen molar-refractivity contribution in [2.24, 2.45) is 0 Å². The minimum Gasteiger partial charge on any atom is -0.457 e. The van der Waals surface area contributed by atoms with Crippen molar-refractivity contribution in [2.45, 2.75) is 143 Å². The molecule has 0 N–H and O–H groups in total. The zero-order valence-corrected chi connectivity index (χ0v) is 47.6. The molecular formula is C70H78N4O. The van der Waals surface area contributed by atoms with E-state index in [1.54, 1.807) is 0 Å². The van der Waals surface area contributed by atoms with Crippen molar-refractivity contribution < 1.29 is 4.74 Å². The number of fused-ring (bicyclic) bond motifs is 4. The summed E-state index contributed by atoms with van der Waals surface area (Å²) in [6, 6.07) is 60.5. The third-order valence-corrected chi connectivity index (χ3v) is 16.1. The minimum atomic E-state index is -0.231.